The minimum absolute atomic E-state index is 0.0618. The Morgan fingerprint density at radius 2 is 1.47 bits per heavy atom. The molecule has 0 saturated carbocycles. The molecule has 0 spiro atoms. The summed E-state index contributed by atoms with van der Waals surface area (Å²) in [5.74, 6) is 1.22. The summed E-state index contributed by atoms with van der Waals surface area (Å²) in [7, 11) is 1.60. The second kappa shape index (κ2) is 10.6. The first-order valence-corrected chi connectivity index (χ1v) is 11.3. The molecule has 0 aliphatic rings. The summed E-state index contributed by atoms with van der Waals surface area (Å²) in [4.78, 5) is 21.8. The Bertz CT molecular complexity index is 1130. The number of aromatic nitrogens is 2. The van der Waals surface area contributed by atoms with Crippen molar-refractivity contribution in [1.29, 1.82) is 0 Å². The van der Waals surface area contributed by atoms with Crippen LogP contribution in [0.1, 0.15) is 6.42 Å². The number of ether oxygens (including phenoxy) is 1. The van der Waals surface area contributed by atoms with E-state index in [4.69, 9.17) is 14.7 Å². The number of anilines is 1. The summed E-state index contributed by atoms with van der Waals surface area (Å²) in [6, 6.07) is 29.4. The molecule has 1 amide bonds. The van der Waals surface area contributed by atoms with Crippen LogP contribution in [0.25, 0.3) is 22.5 Å². The molecule has 1 N–H and O–H groups in total. The smallest absolute Gasteiger partial charge is 0.225 e. The van der Waals surface area contributed by atoms with Crippen molar-refractivity contribution in [1.82, 2.24) is 9.97 Å². The van der Waals surface area contributed by atoms with Gasteiger partial charge in [-0.05, 0) is 18.2 Å². The average Bonchev–Trinajstić information content (AvgIpc) is 2.85. The molecule has 4 aromatic rings. The minimum atomic E-state index is -0.0618. The number of thioether (sulfide) groups is 1. The fraction of sp³-hybridized carbons (Fsp3) is 0.115. The van der Waals surface area contributed by atoms with E-state index < -0.39 is 0 Å². The number of amides is 1. The van der Waals surface area contributed by atoms with Crippen molar-refractivity contribution in [3.05, 3.63) is 91.0 Å². The molecule has 0 unspecified atom stereocenters. The molecule has 0 bridgehead atoms. The standard InChI is InChI=1S/C26H23N3O2S/c1-31-22-14-8-13-21(17-22)27-25(30)15-16-32-26-28-23(19-9-4-2-5-10-19)18-24(29-26)20-11-6-3-7-12-20/h2-14,17-18H,15-16H2,1H3,(H,27,30). The molecule has 0 radical (unpaired) electrons. The molecule has 1 aromatic heterocycles. The van der Waals surface area contributed by atoms with Gasteiger partial charge in [-0.2, -0.15) is 0 Å². The maximum Gasteiger partial charge on any atom is 0.225 e. The van der Waals surface area contributed by atoms with E-state index in [2.05, 4.69) is 5.32 Å². The summed E-state index contributed by atoms with van der Waals surface area (Å²) >= 11 is 1.48. The van der Waals surface area contributed by atoms with E-state index in [0.29, 0.717) is 28.8 Å². The molecule has 4 rings (SSSR count). The van der Waals surface area contributed by atoms with Gasteiger partial charge in [0.1, 0.15) is 5.75 Å². The Hall–Kier alpha value is -3.64. The third-order valence-electron chi connectivity index (χ3n) is 4.76. The zero-order valence-corrected chi connectivity index (χ0v) is 18.5. The molecule has 6 heteroatoms. The molecule has 0 saturated heterocycles. The first kappa shape index (κ1) is 21.6. The highest BCUT2D eigenvalue weighted by atomic mass is 32.2. The Morgan fingerprint density at radius 3 is 2.06 bits per heavy atom. The topological polar surface area (TPSA) is 64.1 Å². The van der Waals surface area contributed by atoms with E-state index in [-0.39, 0.29) is 5.91 Å². The van der Waals surface area contributed by atoms with Gasteiger partial charge < -0.3 is 10.1 Å². The number of rotatable bonds is 8. The zero-order chi connectivity index (χ0) is 22.2. The molecular weight excluding hydrogens is 418 g/mol. The van der Waals surface area contributed by atoms with Gasteiger partial charge in [-0.3, -0.25) is 4.79 Å². The van der Waals surface area contributed by atoms with Gasteiger partial charge in [0.2, 0.25) is 5.91 Å². The van der Waals surface area contributed by atoms with Crippen molar-refractivity contribution in [2.45, 2.75) is 11.6 Å². The Morgan fingerprint density at radius 1 is 0.844 bits per heavy atom. The molecule has 0 aliphatic heterocycles. The van der Waals surface area contributed by atoms with Crippen LogP contribution in [-0.2, 0) is 4.79 Å². The molecular formula is C26H23N3O2S. The van der Waals surface area contributed by atoms with Crippen LogP contribution in [0.15, 0.2) is 96.2 Å². The fourth-order valence-electron chi connectivity index (χ4n) is 3.16. The predicted molar refractivity (Wildman–Crippen MR) is 130 cm³/mol. The van der Waals surface area contributed by atoms with E-state index >= 15 is 0 Å². The number of benzene rings is 3. The number of hydrogen-bond acceptors (Lipinski definition) is 5. The molecule has 0 aliphatic carbocycles. The SMILES string of the molecule is COc1cccc(NC(=O)CCSc2nc(-c3ccccc3)cc(-c3ccccc3)n2)c1. The van der Waals surface area contributed by atoms with Gasteiger partial charge in [0, 0.05) is 35.1 Å². The van der Waals surface area contributed by atoms with Gasteiger partial charge in [-0.15, -0.1) is 0 Å². The summed E-state index contributed by atoms with van der Waals surface area (Å²) in [6.45, 7) is 0. The maximum absolute atomic E-state index is 12.4. The van der Waals surface area contributed by atoms with Gasteiger partial charge in [0.05, 0.1) is 18.5 Å². The Labute approximate surface area is 191 Å². The van der Waals surface area contributed by atoms with Crippen molar-refractivity contribution < 1.29 is 9.53 Å². The van der Waals surface area contributed by atoms with E-state index in [1.54, 1.807) is 13.2 Å². The third-order valence-corrected chi connectivity index (χ3v) is 5.61. The summed E-state index contributed by atoms with van der Waals surface area (Å²) in [5.41, 5.74) is 4.51. The lowest BCUT2D eigenvalue weighted by atomic mass is 10.1. The van der Waals surface area contributed by atoms with Crippen LogP contribution in [0.3, 0.4) is 0 Å². The highest BCUT2D eigenvalue weighted by Crippen LogP contribution is 2.27. The van der Waals surface area contributed by atoms with E-state index in [1.807, 2.05) is 84.9 Å². The van der Waals surface area contributed by atoms with Crippen molar-refractivity contribution in [3.63, 3.8) is 0 Å². The summed E-state index contributed by atoms with van der Waals surface area (Å²) < 4.78 is 5.20. The maximum atomic E-state index is 12.4. The van der Waals surface area contributed by atoms with Crippen LogP contribution in [0, 0.1) is 0 Å². The first-order chi connectivity index (χ1) is 15.7. The van der Waals surface area contributed by atoms with E-state index in [1.165, 1.54) is 11.8 Å². The number of nitrogens with zero attached hydrogens (tertiary/aromatic N) is 2. The number of carbonyl (C=O) groups is 1. The normalized spacial score (nSPS) is 10.5. The second-order valence-electron chi connectivity index (χ2n) is 7.03. The van der Waals surface area contributed by atoms with Crippen LogP contribution in [0.5, 0.6) is 5.75 Å². The fourth-order valence-corrected chi connectivity index (χ4v) is 3.96. The number of nitrogens with one attached hydrogen (secondary N) is 1. The lowest BCUT2D eigenvalue weighted by Gasteiger charge is -2.09. The van der Waals surface area contributed by atoms with Gasteiger partial charge >= 0.3 is 0 Å². The number of methoxy groups -OCH3 is 1. The molecule has 32 heavy (non-hydrogen) atoms. The van der Waals surface area contributed by atoms with Gasteiger partial charge in [-0.25, -0.2) is 9.97 Å². The molecule has 0 atom stereocenters. The monoisotopic (exact) mass is 441 g/mol. The largest absolute Gasteiger partial charge is 0.497 e. The highest BCUT2D eigenvalue weighted by Gasteiger charge is 2.10. The predicted octanol–water partition coefficient (Wildman–Crippen LogP) is 5.94. The van der Waals surface area contributed by atoms with Crippen LogP contribution >= 0.6 is 11.8 Å². The number of carbonyl (C=O) groups excluding carboxylic acids is 1. The average molecular weight is 442 g/mol. The zero-order valence-electron chi connectivity index (χ0n) is 17.7. The van der Waals surface area contributed by atoms with Gasteiger partial charge in [-0.1, -0.05) is 78.5 Å². The lowest BCUT2D eigenvalue weighted by molar-refractivity contribution is -0.115. The van der Waals surface area contributed by atoms with Crippen molar-refractivity contribution in [2.24, 2.45) is 0 Å². The van der Waals surface area contributed by atoms with Crippen molar-refractivity contribution in [3.8, 4) is 28.3 Å². The second-order valence-corrected chi connectivity index (χ2v) is 8.09. The Balaban J connectivity index is 1.47. The van der Waals surface area contributed by atoms with Crippen LogP contribution in [0.4, 0.5) is 5.69 Å². The number of hydrogen-bond donors (Lipinski definition) is 1. The molecule has 1 heterocycles. The lowest BCUT2D eigenvalue weighted by Crippen LogP contribution is -2.12. The summed E-state index contributed by atoms with van der Waals surface area (Å²) in [6.07, 6.45) is 0.349. The highest BCUT2D eigenvalue weighted by molar-refractivity contribution is 7.99. The molecule has 160 valence electrons. The first-order valence-electron chi connectivity index (χ1n) is 10.3. The third kappa shape index (κ3) is 5.74. The molecule has 0 fully saturated rings. The minimum Gasteiger partial charge on any atom is -0.497 e. The van der Waals surface area contributed by atoms with E-state index in [0.717, 1.165) is 22.5 Å². The summed E-state index contributed by atoms with van der Waals surface area (Å²) in [5, 5.41) is 3.56. The van der Waals surface area contributed by atoms with Crippen LogP contribution in [0.2, 0.25) is 0 Å². The van der Waals surface area contributed by atoms with E-state index in [9.17, 15) is 4.79 Å². The molecule has 3 aromatic carbocycles. The van der Waals surface area contributed by atoms with Crippen molar-refractivity contribution in [2.75, 3.05) is 18.2 Å². The van der Waals surface area contributed by atoms with Gasteiger partial charge in [0.25, 0.3) is 0 Å². The molecule has 5 nitrogen and oxygen atoms in total. The van der Waals surface area contributed by atoms with Crippen LogP contribution in [-0.4, -0.2) is 28.7 Å². The van der Waals surface area contributed by atoms with Crippen molar-refractivity contribution >= 4 is 23.4 Å². The van der Waals surface area contributed by atoms with Crippen LogP contribution < -0.4 is 10.1 Å². The van der Waals surface area contributed by atoms with Gasteiger partial charge in [0.15, 0.2) is 5.16 Å². The quantitative estimate of drug-likeness (QED) is 0.271. The Kier molecular flexibility index (Phi) is 7.15.